The van der Waals surface area contributed by atoms with Gasteiger partial charge in [0.25, 0.3) is 0 Å². The van der Waals surface area contributed by atoms with Gasteiger partial charge in [0.1, 0.15) is 0 Å². The monoisotopic (exact) mass is 483 g/mol. The molecular weight excluding hydrogens is 463 g/mol. The molecule has 1 aliphatic rings. The zero-order chi connectivity index (χ0) is 18.7. The van der Waals surface area contributed by atoms with Gasteiger partial charge in [0, 0.05) is 45.0 Å². The third kappa shape index (κ3) is 5.35. The Kier molecular flexibility index (Phi) is 7.94. The zero-order valence-corrected chi connectivity index (χ0v) is 19.6. The molecule has 0 aliphatic carbocycles. The summed E-state index contributed by atoms with van der Waals surface area (Å²) in [5.41, 5.74) is 1.81. The van der Waals surface area contributed by atoms with E-state index in [1.54, 1.807) is 6.20 Å². The molecule has 2 heterocycles. The van der Waals surface area contributed by atoms with Crippen LogP contribution in [0.4, 0.5) is 10.5 Å². The number of ether oxygens (including phenoxy) is 1. The molecule has 3 rings (SSSR count). The maximum Gasteiger partial charge on any atom is 0.338 e. The molecule has 10 heteroatoms. The van der Waals surface area contributed by atoms with Gasteiger partial charge in [-0.2, -0.15) is 5.38 Å². The summed E-state index contributed by atoms with van der Waals surface area (Å²) in [6, 6.07) is 6.61. The Morgan fingerprint density at radius 2 is 2.04 bits per heavy atom. The minimum Gasteiger partial charge on any atom is -0.390 e. The first-order valence-corrected chi connectivity index (χ1v) is 10.8. The first kappa shape index (κ1) is 22.4. The van der Waals surface area contributed by atoms with E-state index in [-0.39, 0.29) is 45.9 Å². The molecule has 0 unspecified atom stereocenters. The second kappa shape index (κ2) is 9.56. The molecule has 7 nitrogen and oxygen atoms in total. The number of anilines is 1. The van der Waals surface area contributed by atoms with Crippen molar-refractivity contribution in [2.45, 2.75) is 26.0 Å². The van der Waals surface area contributed by atoms with Gasteiger partial charge in [0.05, 0.1) is 25.4 Å². The van der Waals surface area contributed by atoms with Crippen molar-refractivity contribution in [2.24, 2.45) is 0 Å². The Bertz CT molecular complexity index is 857. The number of amides is 2. The number of thiazole rings is 1. The summed E-state index contributed by atoms with van der Waals surface area (Å²) in [4.78, 5) is 18.3. The van der Waals surface area contributed by atoms with Crippen molar-refractivity contribution in [1.82, 2.24) is 9.29 Å². The Labute approximate surface area is 188 Å². The van der Waals surface area contributed by atoms with Crippen molar-refractivity contribution < 1.29 is 50.7 Å². The van der Waals surface area contributed by atoms with E-state index in [1.165, 1.54) is 16.2 Å². The molecule has 1 saturated heterocycles. The molecule has 2 amide bonds. The smallest absolute Gasteiger partial charge is 0.338 e. The van der Waals surface area contributed by atoms with Crippen molar-refractivity contribution in [1.29, 1.82) is 0 Å². The van der Waals surface area contributed by atoms with E-state index in [0.717, 1.165) is 27.6 Å². The van der Waals surface area contributed by atoms with Crippen LogP contribution in [0, 0.1) is 5.38 Å². The molecule has 1 aromatic heterocycles. The van der Waals surface area contributed by atoms with Crippen LogP contribution in [0.15, 0.2) is 30.5 Å². The number of aryl methyl sites for hydroxylation is 1. The molecule has 0 bridgehead atoms. The average molecular weight is 483 g/mol. The van der Waals surface area contributed by atoms with E-state index in [2.05, 4.69) is 10.4 Å². The van der Waals surface area contributed by atoms with Gasteiger partial charge in [-0.3, -0.25) is 4.90 Å². The van der Waals surface area contributed by atoms with E-state index in [1.807, 2.05) is 31.2 Å². The quantitative estimate of drug-likeness (QED) is 0.565. The molecule has 1 atom stereocenters. The molecule has 1 fully saturated rings. The molecule has 0 spiro atoms. The van der Waals surface area contributed by atoms with E-state index < -0.39 is 22.1 Å². The number of hydrogen-bond acceptors (Lipinski definition) is 6. The number of benzene rings is 1. The summed E-state index contributed by atoms with van der Waals surface area (Å²) in [6.45, 7) is 2.64. The minimum atomic E-state index is -3.64. The van der Waals surface area contributed by atoms with Crippen LogP contribution >= 0.6 is 11.3 Å². The maximum absolute atomic E-state index is 12.7. The van der Waals surface area contributed by atoms with Gasteiger partial charge in [-0.05, 0) is 29.1 Å². The maximum atomic E-state index is 12.7. The van der Waals surface area contributed by atoms with Crippen molar-refractivity contribution in [3.8, 4) is 0 Å². The third-order valence-corrected chi connectivity index (χ3v) is 5.95. The van der Waals surface area contributed by atoms with Gasteiger partial charge >= 0.3 is 6.03 Å². The van der Waals surface area contributed by atoms with Crippen LogP contribution in [0.3, 0.4) is 0 Å². The molecule has 1 radical (unpaired) electrons. The first-order valence-electron chi connectivity index (χ1n) is 8.18. The van der Waals surface area contributed by atoms with Crippen LogP contribution in [0.25, 0.3) is 0 Å². The minimum absolute atomic E-state index is 0. The predicted octanol–water partition coefficient (Wildman–Crippen LogP) is 2.29. The summed E-state index contributed by atoms with van der Waals surface area (Å²) in [7, 11) is -3.64. The van der Waals surface area contributed by atoms with E-state index in [4.69, 9.17) is 4.74 Å². The number of urea groups is 1. The number of nitrogens with zero attached hydrogens (tertiary/aromatic N) is 3. The summed E-state index contributed by atoms with van der Waals surface area (Å²) in [6.07, 6.45) is 3.51. The second-order valence-corrected chi connectivity index (χ2v) is 8.83. The van der Waals surface area contributed by atoms with Crippen molar-refractivity contribution in [3.63, 3.8) is 0 Å². The SMILES string of the molecule is CCc1ccc(N2C(=O)N(S(C)(=O)=O)C[C@@H]2COCc2nc[c-]s2)cc1.[Y]. The van der Waals surface area contributed by atoms with Crippen LogP contribution in [0.1, 0.15) is 17.5 Å². The standard InChI is InChI=1S/C17H20N3O4S2.Y/c1-3-13-4-6-14(7-5-13)20-15(10-19(17(20)21)26(2,22)23)11-24-12-16-18-8-9-25-16;/h4-8,15H,3,10-12H2,1-2H3;/q-1;/t15-;/m1./s1. The van der Waals surface area contributed by atoms with Gasteiger partial charge in [-0.25, -0.2) is 17.5 Å². The average Bonchev–Trinajstić information content (AvgIpc) is 3.23. The molecular formula is C17H20N3O4S2Y-. The molecule has 0 N–H and O–H groups in total. The van der Waals surface area contributed by atoms with Crippen molar-refractivity contribution in [2.75, 3.05) is 24.3 Å². The van der Waals surface area contributed by atoms with Gasteiger partial charge in [0.2, 0.25) is 10.0 Å². The number of rotatable bonds is 7. The fourth-order valence-corrected chi connectivity index (χ4v) is 4.12. The number of sulfonamides is 1. The molecule has 0 saturated carbocycles. The summed E-state index contributed by atoms with van der Waals surface area (Å²) in [5, 5.41) is 3.67. The first-order chi connectivity index (χ1) is 12.4. The Balaban J connectivity index is 0.00000261. The Morgan fingerprint density at radius 3 is 2.59 bits per heavy atom. The van der Waals surface area contributed by atoms with Gasteiger partial charge < -0.3 is 21.1 Å². The summed E-state index contributed by atoms with van der Waals surface area (Å²) >= 11 is 1.36. The molecule has 1 aliphatic heterocycles. The largest absolute Gasteiger partial charge is 0.390 e. The third-order valence-electron chi connectivity index (χ3n) is 4.16. The Morgan fingerprint density at radius 1 is 1.33 bits per heavy atom. The fourth-order valence-electron chi connectivity index (χ4n) is 2.81. The number of aromatic nitrogens is 1. The normalized spacial score (nSPS) is 17.3. The molecule has 143 valence electrons. The van der Waals surface area contributed by atoms with E-state index >= 15 is 0 Å². The number of hydrogen-bond donors (Lipinski definition) is 0. The van der Waals surface area contributed by atoms with Crippen LogP contribution in [0.5, 0.6) is 0 Å². The molecule has 2 aromatic rings. The topological polar surface area (TPSA) is 79.8 Å². The van der Waals surface area contributed by atoms with Crippen molar-refractivity contribution >= 4 is 33.1 Å². The predicted molar refractivity (Wildman–Crippen MR) is 99.6 cm³/mol. The van der Waals surface area contributed by atoms with Gasteiger partial charge in [0.15, 0.2) is 0 Å². The fraction of sp³-hybridized carbons (Fsp3) is 0.412. The van der Waals surface area contributed by atoms with Gasteiger partial charge in [-0.15, -0.1) is 0 Å². The number of carbonyl (C=O) groups is 1. The van der Waals surface area contributed by atoms with Gasteiger partial charge in [-0.1, -0.05) is 25.3 Å². The van der Waals surface area contributed by atoms with E-state index in [0.29, 0.717) is 12.3 Å². The number of carbonyl (C=O) groups excluding carboxylic acids is 1. The van der Waals surface area contributed by atoms with E-state index in [9.17, 15) is 13.2 Å². The van der Waals surface area contributed by atoms with Crippen molar-refractivity contribution in [3.05, 3.63) is 46.4 Å². The van der Waals surface area contributed by atoms with Crippen LogP contribution in [0.2, 0.25) is 0 Å². The zero-order valence-electron chi connectivity index (χ0n) is 15.2. The Hall–Kier alpha value is -0.866. The molecule has 1 aromatic carbocycles. The summed E-state index contributed by atoms with van der Waals surface area (Å²) in [5.74, 6) is 0. The van der Waals surface area contributed by atoms with Crippen LogP contribution < -0.4 is 4.90 Å². The second-order valence-electron chi connectivity index (χ2n) is 6.01. The van der Waals surface area contributed by atoms with Crippen LogP contribution in [-0.2, 0) is 60.5 Å². The molecule has 27 heavy (non-hydrogen) atoms. The van der Waals surface area contributed by atoms with Crippen LogP contribution in [-0.4, -0.2) is 49.2 Å². The summed E-state index contributed by atoms with van der Waals surface area (Å²) < 4.78 is 30.5.